The van der Waals surface area contributed by atoms with Gasteiger partial charge in [-0.3, -0.25) is 67.1 Å². The van der Waals surface area contributed by atoms with Crippen LogP contribution in [0.4, 0.5) is 0 Å². The summed E-state index contributed by atoms with van der Waals surface area (Å²) in [6, 6.07) is 2.68. The lowest BCUT2D eigenvalue weighted by molar-refractivity contribution is -0.143. The van der Waals surface area contributed by atoms with Gasteiger partial charge in [-0.2, -0.15) is 0 Å². The number of carbonyl (C=O) groups excluding carboxylic acids is 12. The molecule has 5 aromatic rings. The van der Waals surface area contributed by atoms with Gasteiger partial charge in [-0.1, -0.05) is 150 Å². The number of nitrogens with one attached hydrogen (secondary N) is 14. The second kappa shape index (κ2) is 43.4. The van der Waals surface area contributed by atoms with Crippen molar-refractivity contribution in [2.45, 2.75) is 199 Å². The Morgan fingerprint density at radius 3 is 1.69 bits per heavy atom. The van der Waals surface area contributed by atoms with Gasteiger partial charge < -0.3 is 94.2 Å². The number of carbonyl (C=O) groups is 15. The summed E-state index contributed by atoms with van der Waals surface area (Å²) in [4.78, 5) is 220. The molecule has 0 bridgehead atoms. The first kappa shape index (κ1) is 88.9. The maximum atomic E-state index is 15.2. The van der Waals surface area contributed by atoms with Gasteiger partial charge in [0, 0.05) is 73.8 Å². The maximum absolute atomic E-state index is 15.2. The number of carboxylic acids is 3. The minimum absolute atomic E-state index is 0.116. The van der Waals surface area contributed by atoms with E-state index in [1.54, 1.807) is 110 Å². The summed E-state index contributed by atoms with van der Waals surface area (Å²) in [5, 5.41) is 72.2. The van der Waals surface area contributed by atoms with Crippen LogP contribution < -0.4 is 63.8 Å². The average molecular weight is 1580 g/mol. The van der Waals surface area contributed by atoms with Crippen LogP contribution in [0, 0.1) is 23.7 Å². The lowest BCUT2D eigenvalue weighted by atomic mass is 9.94. The van der Waals surface area contributed by atoms with Crippen molar-refractivity contribution in [2.75, 3.05) is 11.5 Å². The highest BCUT2D eigenvalue weighted by Gasteiger charge is 2.40. The highest BCUT2D eigenvalue weighted by atomic mass is 33.1. The van der Waals surface area contributed by atoms with E-state index in [2.05, 4.69) is 78.8 Å². The number of hydrogen-bond acceptors (Lipinski definition) is 19. The lowest BCUT2D eigenvalue weighted by Gasteiger charge is -2.31. The number of amides is 12. The van der Waals surface area contributed by atoms with Gasteiger partial charge in [0.1, 0.15) is 78.3 Å². The molecule has 0 aliphatic carbocycles. The van der Waals surface area contributed by atoms with E-state index in [9.17, 15) is 78.0 Å². The summed E-state index contributed by atoms with van der Waals surface area (Å²) in [5.74, 6) is -18.9. The summed E-state index contributed by atoms with van der Waals surface area (Å²) in [7, 11) is 1.77. The first-order valence-corrected chi connectivity index (χ1v) is 39.0. The molecule has 1 aliphatic rings. The van der Waals surface area contributed by atoms with Crippen LogP contribution >= 0.6 is 21.6 Å². The van der Waals surface area contributed by atoms with Gasteiger partial charge in [0.15, 0.2) is 0 Å². The molecule has 1 saturated heterocycles. The largest absolute Gasteiger partial charge is 0.508 e. The average Bonchev–Trinajstić information content (AvgIpc) is 1.64. The van der Waals surface area contributed by atoms with Gasteiger partial charge in [-0.05, 0) is 71.4 Å². The van der Waals surface area contributed by atoms with Gasteiger partial charge in [0.05, 0.1) is 18.4 Å². The summed E-state index contributed by atoms with van der Waals surface area (Å²) in [6.07, 6.45) is 1.73. The Morgan fingerprint density at radius 1 is 0.550 bits per heavy atom. The predicted octanol–water partition coefficient (Wildman–Crippen LogP) is 1.32. The van der Waals surface area contributed by atoms with Crippen molar-refractivity contribution in [1.29, 1.82) is 0 Å². The van der Waals surface area contributed by atoms with Crippen molar-refractivity contribution in [2.24, 2.45) is 23.7 Å². The standard InChI is InChI=1S/C75H101N15O19S2/c1-10-40(7)62(73(106)85-56(75(108)109)30-45-33-77-49-20-16-15-19-48(45)49)90-74(107)63(41(8)11-2)89-69(102)55(32-60(95)96)83-65(98)51(27-38(3)4)80-68(101)54(31-46-34-76-37-78-46)82-70(103)57-35-110-111-36-58(86-64(97)50(79-42(9)91)25-26-59(93)94)71(104)88-61(39(5)6)72(105)84-53(29-44-21-23-47(92)24-22-44)66(99)81-52(67(100)87-57)28-43-17-13-12-14-18-43/h12-24,33-34,37-41,50-58,61-63,77,92H,10-11,25-32,35-36H2,1-9H3,(H,76,78)(H,79,91)(H,80,101)(H,81,99)(H,82,103)(H,83,98)(H,84,105)(H,85,106)(H,86,97)(H,87,100)(H,88,104)(H,89,102)(H,90,107)(H,93,94)(H,95,96)(H,108,109)/t40-,41-,50-,51-,52-,53-,54-,55-,56-,57-,58-,61-,62-,63-/m0/s1. The number of aromatic nitrogens is 3. The summed E-state index contributed by atoms with van der Waals surface area (Å²) in [6.45, 7) is 14.4. The number of aromatic amines is 2. The van der Waals surface area contributed by atoms with Gasteiger partial charge in [-0.25, -0.2) is 9.78 Å². The second-order valence-corrected chi connectivity index (χ2v) is 30.7. The predicted molar refractivity (Wildman–Crippen MR) is 410 cm³/mol. The van der Waals surface area contributed by atoms with E-state index >= 15 is 14.4 Å². The van der Waals surface area contributed by atoms with Gasteiger partial charge in [-0.15, -0.1) is 0 Å². The van der Waals surface area contributed by atoms with E-state index < -0.39 is 216 Å². The van der Waals surface area contributed by atoms with Crippen LogP contribution in [0.1, 0.15) is 123 Å². The fraction of sp³-hybridized carbons (Fsp3) is 0.493. The molecule has 0 radical (unpaired) electrons. The third kappa shape index (κ3) is 28.1. The van der Waals surface area contributed by atoms with Crippen molar-refractivity contribution in [3.63, 3.8) is 0 Å². The number of hydrogen-bond donors (Lipinski definition) is 18. The fourth-order valence-electron chi connectivity index (χ4n) is 12.0. The molecule has 0 saturated carbocycles. The summed E-state index contributed by atoms with van der Waals surface area (Å²) >= 11 is 0. The number of aliphatic carboxylic acids is 3. The van der Waals surface area contributed by atoms with Gasteiger partial charge >= 0.3 is 17.9 Å². The molecule has 3 aromatic carbocycles. The Bertz CT molecular complexity index is 4070. The number of fused-ring (bicyclic) bond motifs is 1. The number of phenolic OH excluding ortho intramolecular Hbond substituents is 1. The van der Waals surface area contributed by atoms with Crippen molar-refractivity contribution in [3.05, 3.63) is 120 Å². The Kier molecular flexibility index (Phi) is 34.7. The number of para-hydroxylation sites is 1. The first-order chi connectivity index (χ1) is 52.6. The van der Waals surface area contributed by atoms with E-state index in [0.29, 0.717) is 23.1 Å². The van der Waals surface area contributed by atoms with Crippen LogP contribution in [0.2, 0.25) is 0 Å². The Hall–Kier alpha value is -11.0. The molecule has 0 unspecified atom stereocenters. The molecule has 12 amide bonds. The Morgan fingerprint density at radius 2 is 1.11 bits per heavy atom. The highest BCUT2D eigenvalue weighted by Crippen LogP contribution is 2.26. The summed E-state index contributed by atoms with van der Waals surface area (Å²) in [5.41, 5.74) is 2.50. The third-order valence-electron chi connectivity index (χ3n) is 18.6. The van der Waals surface area contributed by atoms with Gasteiger partial charge in [0.25, 0.3) is 0 Å². The number of imidazole rings is 1. The number of aromatic hydroxyl groups is 1. The van der Waals surface area contributed by atoms with E-state index in [-0.39, 0.29) is 49.3 Å². The van der Waals surface area contributed by atoms with E-state index in [4.69, 9.17) is 0 Å². The number of benzene rings is 3. The van der Waals surface area contributed by atoms with Crippen molar-refractivity contribution in [1.82, 2.24) is 78.8 Å². The Balaban J connectivity index is 1.31. The molecule has 1 aliphatic heterocycles. The number of nitrogens with zero attached hydrogens (tertiary/aromatic N) is 1. The molecule has 1 fully saturated rings. The molecule has 6 rings (SSSR count). The number of rotatable bonds is 36. The van der Waals surface area contributed by atoms with E-state index in [1.807, 2.05) is 6.07 Å². The van der Waals surface area contributed by atoms with E-state index in [0.717, 1.165) is 39.4 Å². The monoisotopic (exact) mass is 1580 g/mol. The molecule has 2 aromatic heterocycles. The molecule has 14 atom stereocenters. The Labute approximate surface area is 649 Å². The van der Waals surface area contributed by atoms with Crippen molar-refractivity contribution in [3.8, 4) is 5.75 Å². The van der Waals surface area contributed by atoms with E-state index in [1.165, 1.54) is 36.8 Å². The SMILES string of the molecule is CC[C@H](C)[C@H](NC(=O)[C@H](CC(=O)O)NC(=O)[C@H](CC(C)C)NC(=O)[C@H](Cc1c[nH]cn1)NC(=O)[C@@H]1CSSC[C@H](NC(=O)[C@H](CCC(=O)O)NC(C)=O)C(=O)N[C@@H](C(C)C)C(=O)N[C@@H](Cc2ccc(O)cc2)C(=O)N[C@@H](Cc2ccccc2)C(=O)N1)C(=O)N[C@H](C(=O)N[C@@H](Cc1c[nH]c2ccccc12)C(=O)O)[C@@H](C)CC. The third-order valence-corrected chi connectivity index (χ3v) is 21.0. The summed E-state index contributed by atoms with van der Waals surface area (Å²) < 4.78 is 0. The number of H-pyrrole nitrogens is 2. The van der Waals surface area contributed by atoms with Crippen LogP contribution in [0.25, 0.3) is 10.9 Å². The molecular weight excluding hydrogens is 1480 g/mol. The molecule has 36 heteroatoms. The normalized spacial score (nSPS) is 19.0. The quantitative estimate of drug-likeness (QED) is 0.0251. The number of phenols is 1. The minimum Gasteiger partial charge on any atom is -0.508 e. The maximum Gasteiger partial charge on any atom is 0.326 e. The molecule has 111 heavy (non-hydrogen) atoms. The van der Waals surface area contributed by atoms with Crippen LogP contribution in [0.5, 0.6) is 5.75 Å². The zero-order valence-corrected chi connectivity index (χ0v) is 64.8. The highest BCUT2D eigenvalue weighted by molar-refractivity contribution is 8.76. The molecule has 0 spiro atoms. The topological polar surface area (TPSA) is 526 Å². The molecule has 34 nitrogen and oxygen atoms in total. The van der Waals surface area contributed by atoms with Crippen LogP contribution in [-0.4, -0.2) is 208 Å². The van der Waals surface area contributed by atoms with Crippen molar-refractivity contribution < 1.29 is 92.3 Å². The van der Waals surface area contributed by atoms with Crippen LogP contribution in [0.15, 0.2) is 97.6 Å². The second-order valence-electron chi connectivity index (χ2n) is 28.2. The minimum atomic E-state index is -1.93. The fourth-order valence-corrected chi connectivity index (χ4v) is 14.3. The zero-order valence-electron chi connectivity index (χ0n) is 63.1. The molecule has 18 N–H and O–H groups in total. The zero-order chi connectivity index (χ0) is 81.8. The molecule has 3 heterocycles. The first-order valence-electron chi connectivity index (χ1n) is 36.5. The van der Waals surface area contributed by atoms with Crippen LogP contribution in [0.3, 0.4) is 0 Å². The molecular formula is C75H101N15O19S2. The molecule has 602 valence electrons. The lowest BCUT2D eigenvalue weighted by Crippen LogP contribution is -2.62. The smallest absolute Gasteiger partial charge is 0.326 e. The van der Waals surface area contributed by atoms with Gasteiger partial charge in [0.2, 0.25) is 70.9 Å². The van der Waals surface area contributed by atoms with Crippen LogP contribution in [-0.2, 0) is 97.6 Å². The van der Waals surface area contributed by atoms with Crippen molar-refractivity contribution >= 4 is 121 Å². The number of carboxylic acid groups (broad SMARTS) is 3.